The molecule has 8 heteroatoms. The first-order valence-corrected chi connectivity index (χ1v) is 5.20. The molecule has 0 aromatic rings. The molecule has 0 amide bonds. The van der Waals surface area contributed by atoms with E-state index in [0.29, 0.717) is 12.8 Å². The molecule has 4 N–H and O–H groups in total. The van der Waals surface area contributed by atoms with Crippen LogP contribution in [-0.4, -0.2) is 57.7 Å². The molecule has 0 fully saturated rings. The molecule has 0 aromatic heterocycles. The van der Waals surface area contributed by atoms with Gasteiger partial charge < -0.3 is 25.2 Å². The second-order valence-corrected chi connectivity index (χ2v) is 3.24. The van der Waals surface area contributed by atoms with E-state index in [-0.39, 0.29) is 13.0 Å². The SMILES string of the molecule is CC(O)C(=O)O.O=C(O)CCCCOC(=O)CO. The van der Waals surface area contributed by atoms with Crippen molar-refractivity contribution < 1.29 is 39.5 Å². The maximum atomic E-state index is 10.3. The molecular weight excluding hydrogens is 248 g/mol. The lowest BCUT2D eigenvalue weighted by atomic mass is 10.2. The Labute approximate surface area is 104 Å². The number of hydrogen-bond donors (Lipinski definition) is 4. The number of ether oxygens (including phenoxy) is 1. The molecule has 8 nitrogen and oxygen atoms in total. The average molecular weight is 266 g/mol. The summed E-state index contributed by atoms with van der Waals surface area (Å²) < 4.78 is 4.49. The number of rotatable bonds is 7. The maximum Gasteiger partial charge on any atom is 0.332 e. The normalized spacial score (nSPS) is 10.8. The second kappa shape index (κ2) is 11.8. The lowest BCUT2D eigenvalue weighted by molar-refractivity contribution is -0.147. The van der Waals surface area contributed by atoms with Gasteiger partial charge in [0.15, 0.2) is 0 Å². The van der Waals surface area contributed by atoms with Gasteiger partial charge in [0.25, 0.3) is 0 Å². The van der Waals surface area contributed by atoms with Crippen molar-refractivity contribution in [1.82, 2.24) is 0 Å². The van der Waals surface area contributed by atoms with Crippen LogP contribution in [0.15, 0.2) is 0 Å². The number of carboxylic acids is 2. The zero-order valence-corrected chi connectivity index (χ0v) is 10.0. The van der Waals surface area contributed by atoms with Gasteiger partial charge in [-0.1, -0.05) is 0 Å². The molecule has 1 atom stereocenters. The van der Waals surface area contributed by atoms with Crippen molar-refractivity contribution in [3.8, 4) is 0 Å². The first kappa shape index (κ1) is 18.7. The van der Waals surface area contributed by atoms with Gasteiger partial charge in [0.05, 0.1) is 6.61 Å². The van der Waals surface area contributed by atoms with Crippen molar-refractivity contribution in [1.29, 1.82) is 0 Å². The van der Waals surface area contributed by atoms with Crippen LogP contribution in [0.5, 0.6) is 0 Å². The number of esters is 1. The van der Waals surface area contributed by atoms with Gasteiger partial charge in [0.2, 0.25) is 0 Å². The third-order valence-electron chi connectivity index (χ3n) is 1.53. The number of carboxylic acid groups (broad SMARTS) is 2. The van der Waals surface area contributed by atoms with Crippen molar-refractivity contribution >= 4 is 17.9 Å². The topological polar surface area (TPSA) is 141 Å². The zero-order chi connectivity index (χ0) is 14.6. The van der Waals surface area contributed by atoms with Crippen molar-refractivity contribution in [3.63, 3.8) is 0 Å². The molecule has 106 valence electrons. The fourth-order valence-corrected chi connectivity index (χ4v) is 0.610. The molecule has 0 aliphatic rings. The predicted octanol–water partition coefficient (Wildman–Crippen LogP) is -0.771. The van der Waals surface area contributed by atoms with E-state index < -0.39 is 30.6 Å². The van der Waals surface area contributed by atoms with E-state index in [4.69, 9.17) is 20.4 Å². The Hall–Kier alpha value is -1.67. The fraction of sp³-hybridized carbons (Fsp3) is 0.700. The van der Waals surface area contributed by atoms with Crippen molar-refractivity contribution in [2.75, 3.05) is 13.2 Å². The Bertz CT molecular complexity index is 261. The van der Waals surface area contributed by atoms with Crippen LogP contribution >= 0.6 is 0 Å². The molecule has 0 spiro atoms. The van der Waals surface area contributed by atoms with Gasteiger partial charge in [-0.25, -0.2) is 9.59 Å². The Kier molecular flexibility index (Phi) is 12.3. The van der Waals surface area contributed by atoms with E-state index in [0.717, 1.165) is 0 Å². The lowest BCUT2D eigenvalue weighted by Gasteiger charge is -2.00. The minimum absolute atomic E-state index is 0.0800. The second-order valence-electron chi connectivity index (χ2n) is 3.24. The van der Waals surface area contributed by atoms with E-state index in [1.54, 1.807) is 0 Å². The van der Waals surface area contributed by atoms with Crippen molar-refractivity contribution in [2.45, 2.75) is 32.3 Å². The summed E-state index contributed by atoms with van der Waals surface area (Å²) in [7, 11) is 0. The summed E-state index contributed by atoms with van der Waals surface area (Å²) in [6.45, 7) is 0.744. The predicted molar refractivity (Wildman–Crippen MR) is 58.8 cm³/mol. The molecule has 0 aliphatic carbocycles. The standard InChI is InChI=1S/C7H12O5.C3H6O3/c8-5-7(11)12-4-2-1-3-6(9)10;1-2(4)3(5)6/h8H,1-5H2,(H,9,10);2,4H,1H3,(H,5,6). The molecule has 0 rings (SSSR count). The first-order chi connectivity index (χ1) is 8.31. The fourth-order valence-electron chi connectivity index (χ4n) is 0.610. The van der Waals surface area contributed by atoms with Gasteiger partial charge in [-0.3, -0.25) is 4.79 Å². The van der Waals surface area contributed by atoms with Crippen LogP contribution in [0.3, 0.4) is 0 Å². The smallest absolute Gasteiger partial charge is 0.332 e. The van der Waals surface area contributed by atoms with Gasteiger partial charge in [0, 0.05) is 6.42 Å². The molecule has 0 saturated carbocycles. The monoisotopic (exact) mass is 266 g/mol. The number of aliphatic hydroxyl groups excluding tert-OH is 2. The lowest BCUT2D eigenvalue weighted by Crippen LogP contribution is -2.13. The highest BCUT2D eigenvalue weighted by Gasteiger charge is 2.01. The largest absolute Gasteiger partial charge is 0.481 e. The summed E-state index contributed by atoms with van der Waals surface area (Å²) in [5, 5.41) is 32.2. The summed E-state index contributed by atoms with van der Waals surface area (Å²) >= 11 is 0. The van der Waals surface area contributed by atoms with Crippen molar-refractivity contribution in [2.24, 2.45) is 0 Å². The van der Waals surface area contributed by atoms with Crippen molar-refractivity contribution in [3.05, 3.63) is 0 Å². The van der Waals surface area contributed by atoms with Crippen LogP contribution in [0.1, 0.15) is 26.2 Å². The van der Waals surface area contributed by atoms with Crippen LogP contribution in [-0.2, 0) is 19.1 Å². The summed E-state index contributed by atoms with van der Waals surface area (Å²) in [4.78, 5) is 29.8. The highest BCUT2D eigenvalue weighted by Crippen LogP contribution is 1.95. The Balaban J connectivity index is 0. The average Bonchev–Trinajstić information content (AvgIpc) is 2.28. The quantitative estimate of drug-likeness (QED) is 0.347. The summed E-state index contributed by atoms with van der Waals surface area (Å²) in [5.74, 6) is -2.72. The molecule has 0 heterocycles. The molecule has 1 unspecified atom stereocenters. The molecule has 0 aromatic carbocycles. The third kappa shape index (κ3) is 16.7. The van der Waals surface area contributed by atoms with E-state index >= 15 is 0 Å². The summed E-state index contributed by atoms with van der Waals surface area (Å²) in [6, 6.07) is 0. The van der Waals surface area contributed by atoms with Crippen LogP contribution in [0.2, 0.25) is 0 Å². The highest BCUT2D eigenvalue weighted by molar-refractivity contribution is 5.71. The van der Waals surface area contributed by atoms with E-state index in [1.165, 1.54) is 6.92 Å². The highest BCUT2D eigenvalue weighted by atomic mass is 16.5. The van der Waals surface area contributed by atoms with Crippen LogP contribution < -0.4 is 0 Å². The van der Waals surface area contributed by atoms with Crippen LogP contribution in [0.4, 0.5) is 0 Å². The van der Waals surface area contributed by atoms with E-state index in [1.807, 2.05) is 0 Å². The molecule has 0 radical (unpaired) electrons. The first-order valence-electron chi connectivity index (χ1n) is 5.20. The maximum absolute atomic E-state index is 10.3. The third-order valence-corrected chi connectivity index (χ3v) is 1.53. The van der Waals surface area contributed by atoms with Crippen LogP contribution in [0.25, 0.3) is 0 Å². The summed E-state index contributed by atoms with van der Waals surface area (Å²) in [6.07, 6.45) is -0.159. The van der Waals surface area contributed by atoms with Gasteiger partial charge in [-0.15, -0.1) is 0 Å². The number of aliphatic hydroxyl groups is 2. The van der Waals surface area contributed by atoms with Gasteiger partial charge in [-0.2, -0.15) is 0 Å². The van der Waals surface area contributed by atoms with E-state index in [9.17, 15) is 14.4 Å². The number of carbonyl (C=O) groups is 3. The number of hydrogen-bond acceptors (Lipinski definition) is 6. The molecule has 0 aliphatic heterocycles. The summed E-state index contributed by atoms with van der Waals surface area (Å²) in [5.41, 5.74) is 0. The minimum Gasteiger partial charge on any atom is -0.481 e. The Morgan fingerprint density at radius 2 is 1.67 bits per heavy atom. The molecule has 0 saturated heterocycles. The Morgan fingerprint density at radius 1 is 1.17 bits per heavy atom. The minimum atomic E-state index is -1.23. The molecule has 18 heavy (non-hydrogen) atoms. The van der Waals surface area contributed by atoms with Gasteiger partial charge in [0.1, 0.15) is 12.7 Å². The van der Waals surface area contributed by atoms with Gasteiger partial charge in [-0.05, 0) is 19.8 Å². The molecular formula is C10H18O8. The van der Waals surface area contributed by atoms with Gasteiger partial charge >= 0.3 is 17.9 Å². The molecule has 0 bridgehead atoms. The zero-order valence-electron chi connectivity index (χ0n) is 10.0. The number of unbranched alkanes of at least 4 members (excludes halogenated alkanes) is 1. The Morgan fingerprint density at radius 3 is 2.00 bits per heavy atom. The van der Waals surface area contributed by atoms with E-state index in [2.05, 4.69) is 4.74 Å². The number of carbonyl (C=O) groups excluding carboxylic acids is 1. The number of aliphatic carboxylic acids is 2. The van der Waals surface area contributed by atoms with Crippen LogP contribution in [0, 0.1) is 0 Å².